The van der Waals surface area contributed by atoms with Crippen LogP contribution < -0.4 is 0 Å². The summed E-state index contributed by atoms with van der Waals surface area (Å²) in [6, 6.07) is 5.83. The van der Waals surface area contributed by atoms with Crippen molar-refractivity contribution in [2.24, 2.45) is 0 Å². The van der Waals surface area contributed by atoms with Crippen LogP contribution in [0.15, 0.2) is 24.4 Å². The topological polar surface area (TPSA) is 67.7 Å². The molecule has 0 unspecified atom stereocenters. The van der Waals surface area contributed by atoms with Crippen LogP contribution in [-0.2, 0) is 4.74 Å². The van der Waals surface area contributed by atoms with E-state index in [0.717, 1.165) is 29.8 Å². The van der Waals surface area contributed by atoms with E-state index in [4.69, 9.17) is 16.3 Å². The monoisotopic (exact) mass is 416 g/mol. The number of aromatic nitrogens is 2. The zero-order chi connectivity index (χ0) is 20.5. The largest absolute Gasteiger partial charge is 0.450 e. The number of amides is 2. The number of halogens is 1. The van der Waals surface area contributed by atoms with Gasteiger partial charge in [0.25, 0.3) is 5.91 Å². The lowest BCUT2D eigenvalue weighted by Gasteiger charge is -2.34. The number of ether oxygens (including phenoxy) is 1. The van der Waals surface area contributed by atoms with Crippen LogP contribution in [0.2, 0.25) is 5.02 Å². The summed E-state index contributed by atoms with van der Waals surface area (Å²) in [5, 5.41) is 5.21. The van der Waals surface area contributed by atoms with Crippen LogP contribution in [0.1, 0.15) is 47.3 Å². The van der Waals surface area contributed by atoms with Crippen LogP contribution in [0.25, 0.3) is 5.69 Å². The number of carbonyl (C=O) groups is 2. The third-order valence-corrected chi connectivity index (χ3v) is 5.90. The number of carbonyl (C=O) groups excluding carboxylic acids is 2. The zero-order valence-corrected chi connectivity index (χ0v) is 17.5. The first-order chi connectivity index (χ1) is 14.0. The molecule has 8 heteroatoms. The molecule has 4 rings (SSSR count). The van der Waals surface area contributed by atoms with Crippen molar-refractivity contribution in [1.29, 1.82) is 0 Å². The van der Waals surface area contributed by atoms with E-state index >= 15 is 0 Å². The Morgan fingerprint density at radius 2 is 1.86 bits per heavy atom. The van der Waals surface area contributed by atoms with E-state index in [1.165, 1.54) is 0 Å². The van der Waals surface area contributed by atoms with Gasteiger partial charge in [-0.05, 0) is 44.4 Å². The maximum atomic E-state index is 13.2. The molecule has 1 aromatic carbocycles. The Morgan fingerprint density at radius 3 is 2.48 bits per heavy atom. The van der Waals surface area contributed by atoms with Gasteiger partial charge in [0.15, 0.2) is 0 Å². The second-order valence-electron chi connectivity index (χ2n) is 7.54. The zero-order valence-electron chi connectivity index (χ0n) is 16.7. The SMILES string of the molecule is CCOC(=O)N1CCN(C(=O)c2cnn(-c3ccc(C)c(Cl)c3)c2C2CC2)CC1. The molecule has 0 N–H and O–H groups in total. The average Bonchev–Trinajstić information content (AvgIpc) is 3.48. The summed E-state index contributed by atoms with van der Waals surface area (Å²) in [4.78, 5) is 28.6. The highest BCUT2D eigenvalue weighted by Gasteiger charge is 2.35. The first-order valence-corrected chi connectivity index (χ1v) is 10.4. The first kappa shape index (κ1) is 19.8. The molecule has 1 aliphatic heterocycles. The fourth-order valence-corrected chi connectivity index (χ4v) is 3.84. The Balaban J connectivity index is 1.55. The van der Waals surface area contributed by atoms with Crippen LogP contribution in [-0.4, -0.2) is 64.4 Å². The van der Waals surface area contributed by atoms with Crippen LogP contribution in [0.4, 0.5) is 4.79 Å². The maximum Gasteiger partial charge on any atom is 0.409 e. The highest BCUT2D eigenvalue weighted by molar-refractivity contribution is 6.31. The van der Waals surface area contributed by atoms with E-state index in [2.05, 4.69) is 5.10 Å². The van der Waals surface area contributed by atoms with Crippen molar-refractivity contribution in [3.8, 4) is 5.69 Å². The minimum absolute atomic E-state index is 0.0279. The average molecular weight is 417 g/mol. The van der Waals surface area contributed by atoms with Gasteiger partial charge in [-0.1, -0.05) is 17.7 Å². The molecule has 1 aliphatic carbocycles. The van der Waals surface area contributed by atoms with E-state index in [-0.39, 0.29) is 12.0 Å². The summed E-state index contributed by atoms with van der Waals surface area (Å²) in [5.41, 5.74) is 3.48. The highest BCUT2D eigenvalue weighted by atomic mass is 35.5. The lowest BCUT2D eigenvalue weighted by molar-refractivity contribution is 0.0569. The van der Waals surface area contributed by atoms with Crippen molar-refractivity contribution in [2.75, 3.05) is 32.8 Å². The molecule has 2 fully saturated rings. The number of hydrogen-bond acceptors (Lipinski definition) is 4. The normalized spacial score (nSPS) is 16.8. The van der Waals surface area contributed by atoms with E-state index in [1.54, 1.807) is 22.9 Å². The van der Waals surface area contributed by atoms with Crippen molar-refractivity contribution >= 4 is 23.6 Å². The minimum Gasteiger partial charge on any atom is -0.450 e. The molecule has 154 valence electrons. The summed E-state index contributed by atoms with van der Waals surface area (Å²) in [7, 11) is 0. The van der Waals surface area contributed by atoms with Gasteiger partial charge in [0.2, 0.25) is 0 Å². The van der Waals surface area contributed by atoms with Gasteiger partial charge in [-0.25, -0.2) is 9.48 Å². The van der Waals surface area contributed by atoms with E-state index in [9.17, 15) is 9.59 Å². The molecule has 1 saturated carbocycles. The fourth-order valence-electron chi connectivity index (χ4n) is 3.67. The summed E-state index contributed by atoms with van der Waals surface area (Å²) in [6.45, 7) is 6.03. The highest BCUT2D eigenvalue weighted by Crippen LogP contribution is 2.43. The van der Waals surface area contributed by atoms with E-state index < -0.39 is 0 Å². The molecule has 2 aliphatic rings. The Morgan fingerprint density at radius 1 is 1.17 bits per heavy atom. The van der Waals surface area contributed by atoms with Gasteiger partial charge in [0.1, 0.15) is 0 Å². The molecular formula is C21H25ClN4O3. The third-order valence-electron chi connectivity index (χ3n) is 5.49. The minimum atomic E-state index is -0.317. The number of rotatable bonds is 4. The van der Waals surface area contributed by atoms with Gasteiger partial charge in [-0.3, -0.25) is 4.79 Å². The summed E-state index contributed by atoms with van der Waals surface area (Å²) in [6.07, 6.45) is 3.47. The van der Waals surface area contributed by atoms with E-state index in [1.807, 2.05) is 29.8 Å². The second-order valence-corrected chi connectivity index (χ2v) is 7.95. The molecule has 0 bridgehead atoms. The van der Waals surface area contributed by atoms with Gasteiger partial charge in [0.05, 0.1) is 29.7 Å². The fraction of sp³-hybridized carbons (Fsp3) is 0.476. The summed E-state index contributed by atoms with van der Waals surface area (Å²) >= 11 is 6.31. The van der Waals surface area contributed by atoms with Crippen LogP contribution in [0, 0.1) is 6.92 Å². The molecule has 1 aromatic heterocycles. The van der Waals surface area contributed by atoms with Crippen LogP contribution >= 0.6 is 11.6 Å². The Bertz CT molecular complexity index is 930. The predicted molar refractivity (Wildman–Crippen MR) is 110 cm³/mol. The molecule has 0 atom stereocenters. The van der Waals surface area contributed by atoms with Crippen LogP contribution in [0.3, 0.4) is 0 Å². The Labute approximate surface area is 175 Å². The predicted octanol–water partition coefficient (Wildman–Crippen LogP) is 3.63. The van der Waals surface area contributed by atoms with Gasteiger partial charge < -0.3 is 14.5 Å². The van der Waals surface area contributed by atoms with Crippen molar-refractivity contribution in [1.82, 2.24) is 19.6 Å². The van der Waals surface area contributed by atoms with E-state index in [0.29, 0.717) is 49.3 Å². The molecule has 1 saturated heterocycles. The number of hydrogen-bond donors (Lipinski definition) is 0. The standard InChI is InChI=1S/C21H25ClN4O3/c1-3-29-21(28)25-10-8-24(9-11-25)20(27)17-13-23-26(19(17)15-5-6-15)16-7-4-14(2)18(22)12-16/h4,7,12-13,15H,3,5-6,8-11H2,1-2H3. The Kier molecular flexibility index (Phi) is 5.50. The lowest BCUT2D eigenvalue weighted by Crippen LogP contribution is -2.50. The van der Waals surface area contributed by atoms with Gasteiger partial charge in [-0.2, -0.15) is 5.10 Å². The molecule has 2 aromatic rings. The summed E-state index contributed by atoms with van der Waals surface area (Å²) < 4.78 is 6.90. The molecule has 2 heterocycles. The first-order valence-electron chi connectivity index (χ1n) is 10.0. The van der Waals surface area contributed by atoms with Gasteiger partial charge in [0, 0.05) is 37.1 Å². The Hall–Kier alpha value is -2.54. The molecule has 0 spiro atoms. The molecule has 2 amide bonds. The second kappa shape index (κ2) is 8.06. The maximum absolute atomic E-state index is 13.2. The number of benzene rings is 1. The smallest absolute Gasteiger partial charge is 0.409 e. The third kappa shape index (κ3) is 3.96. The van der Waals surface area contributed by atoms with Crippen molar-refractivity contribution in [3.05, 3.63) is 46.2 Å². The molecule has 7 nitrogen and oxygen atoms in total. The number of piperazine rings is 1. The van der Waals surface area contributed by atoms with Crippen LogP contribution in [0.5, 0.6) is 0 Å². The molecular weight excluding hydrogens is 392 g/mol. The molecule has 29 heavy (non-hydrogen) atoms. The van der Waals surface area contributed by atoms with Gasteiger partial charge >= 0.3 is 6.09 Å². The quantitative estimate of drug-likeness (QED) is 0.763. The van der Waals surface area contributed by atoms with Crippen molar-refractivity contribution in [2.45, 2.75) is 32.6 Å². The molecule has 0 radical (unpaired) electrons. The number of nitrogens with zero attached hydrogens (tertiary/aromatic N) is 4. The van der Waals surface area contributed by atoms with Crippen molar-refractivity contribution < 1.29 is 14.3 Å². The number of aryl methyl sites for hydroxylation is 1. The lowest BCUT2D eigenvalue weighted by atomic mass is 10.1. The summed E-state index contributed by atoms with van der Waals surface area (Å²) in [5.74, 6) is 0.317. The van der Waals surface area contributed by atoms with Gasteiger partial charge in [-0.15, -0.1) is 0 Å². The van der Waals surface area contributed by atoms with Crippen molar-refractivity contribution in [3.63, 3.8) is 0 Å².